The van der Waals surface area contributed by atoms with E-state index in [1.54, 1.807) is 26.8 Å². The molecular weight excluding hydrogens is 614 g/mol. The van der Waals surface area contributed by atoms with Crippen molar-refractivity contribution in [3.05, 3.63) is 96.7 Å². The first-order chi connectivity index (χ1) is 23.2. The first-order valence-electron chi connectivity index (χ1n) is 17.0. The molecule has 0 radical (unpaired) electrons. The molecule has 0 spiro atoms. The number of aryl methyl sites for hydroxylation is 2. The summed E-state index contributed by atoms with van der Waals surface area (Å²) in [6.07, 6.45) is 8.40. The Morgan fingerprint density at radius 1 is 1.04 bits per heavy atom. The number of rotatable bonds is 12. The number of methoxy groups -OCH3 is 1. The number of hydrogen-bond donors (Lipinski definition) is 1. The summed E-state index contributed by atoms with van der Waals surface area (Å²) < 4.78 is 19.3. The molecule has 1 N–H and O–H groups in total. The molecule has 0 saturated carbocycles. The number of carbonyl (C=O) groups is 1. The van der Waals surface area contributed by atoms with Gasteiger partial charge in [0.05, 0.1) is 54.8 Å². The second kappa shape index (κ2) is 16.3. The van der Waals surface area contributed by atoms with Crippen LogP contribution in [-0.4, -0.2) is 65.3 Å². The third-order valence-corrected chi connectivity index (χ3v) is 8.48. The summed E-state index contributed by atoms with van der Waals surface area (Å²) in [4.78, 5) is 14.9. The number of nitrogens with zero attached hydrogens (tertiary/aromatic N) is 3. The van der Waals surface area contributed by atoms with Gasteiger partial charge in [-0.2, -0.15) is 5.10 Å². The van der Waals surface area contributed by atoms with Crippen LogP contribution < -0.4 is 9.64 Å². The Hall–Kier alpha value is -4.40. The Morgan fingerprint density at radius 2 is 1.73 bits per heavy atom. The lowest BCUT2D eigenvalue weighted by Gasteiger charge is -2.41. The average molecular weight is 668 g/mol. The van der Waals surface area contributed by atoms with Gasteiger partial charge in [-0.1, -0.05) is 42.0 Å². The quantitative estimate of drug-likeness (QED) is 0.0925. The van der Waals surface area contributed by atoms with Gasteiger partial charge >= 0.3 is 5.97 Å². The van der Waals surface area contributed by atoms with Crippen molar-refractivity contribution in [2.24, 2.45) is 0 Å². The lowest BCUT2D eigenvalue weighted by Crippen LogP contribution is -2.45. The largest absolute Gasteiger partial charge is 0.493 e. The molecular formula is C41H53N3O5. The second-order valence-corrected chi connectivity index (χ2v) is 14.0. The predicted molar refractivity (Wildman–Crippen MR) is 200 cm³/mol. The Morgan fingerprint density at radius 3 is 2.39 bits per heavy atom. The minimum Gasteiger partial charge on any atom is -0.493 e. The summed E-state index contributed by atoms with van der Waals surface area (Å²) in [6, 6.07) is 16.8. The van der Waals surface area contributed by atoms with E-state index in [1.807, 2.05) is 29.8 Å². The molecule has 8 nitrogen and oxygen atoms in total. The number of carbonyl (C=O) groups excluding carboxylic acids is 1. The van der Waals surface area contributed by atoms with E-state index in [-0.39, 0.29) is 18.0 Å². The molecule has 2 aromatic heterocycles. The van der Waals surface area contributed by atoms with Gasteiger partial charge in [0.1, 0.15) is 5.75 Å². The first kappa shape index (κ1) is 37.4. The SMILES string of the molecule is C=CCCOc1ccc(C)cc1-c1cccc(-c2cc3c(N4CCC(C)(OCC=C)CC4)c(CC(=O)OC)c(C)cn3n2)c1.CC(C)(C)O. The number of esters is 1. The van der Waals surface area contributed by atoms with E-state index in [1.165, 1.54) is 12.7 Å². The van der Waals surface area contributed by atoms with Crippen molar-refractivity contribution < 1.29 is 24.1 Å². The molecule has 49 heavy (non-hydrogen) atoms. The van der Waals surface area contributed by atoms with E-state index in [4.69, 9.17) is 24.4 Å². The number of fused-ring (bicyclic) bond motifs is 1. The molecule has 2 aromatic carbocycles. The summed E-state index contributed by atoms with van der Waals surface area (Å²) in [6.45, 7) is 21.9. The smallest absolute Gasteiger partial charge is 0.310 e. The molecule has 1 aliphatic rings. The summed E-state index contributed by atoms with van der Waals surface area (Å²) in [5.41, 5.74) is 8.42. The van der Waals surface area contributed by atoms with E-state index < -0.39 is 5.60 Å². The number of aromatic nitrogens is 2. The average Bonchev–Trinajstić information content (AvgIpc) is 3.48. The zero-order chi connectivity index (χ0) is 35.8. The molecule has 262 valence electrons. The van der Waals surface area contributed by atoms with Crippen LogP contribution in [0.1, 0.15) is 63.6 Å². The maximum Gasteiger partial charge on any atom is 0.310 e. The number of piperidine rings is 1. The highest BCUT2D eigenvalue weighted by atomic mass is 16.5. The lowest BCUT2D eigenvalue weighted by molar-refractivity contribution is -0.139. The molecule has 5 rings (SSSR count). The molecule has 1 aliphatic heterocycles. The van der Waals surface area contributed by atoms with Crippen LogP contribution in [-0.2, 0) is 20.7 Å². The fourth-order valence-corrected chi connectivity index (χ4v) is 5.91. The van der Waals surface area contributed by atoms with Crippen molar-refractivity contribution in [3.8, 4) is 28.1 Å². The molecule has 0 atom stereocenters. The first-order valence-corrected chi connectivity index (χ1v) is 17.0. The van der Waals surface area contributed by atoms with Crippen LogP contribution >= 0.6 is 0 Å². The fraction of sp³-hybridized carbons (Fsp3) is 0.415. The summed E-state index contributed by atoms with van der Waals surface area (Å²) in [5, 5.41) is 13.6. The maximum absolute atomic E-state index is 12.6. The standard InChI is InChI=1S/C37H43N3O4.C4H10O/c1-7-9-20-43-34-14-13-26(3)21-31(34)28-11-10-12-29(22-28)32-24-33-36(39-17-15-37(5,16-18-39)44-19-8-2)30(23-35(41)42-6)27(4)25-40(33)38-32;1-4(2,3)5/h7-8,10-14,21-22,24-25H,1-2,9,15-20,23H2,3-6H3;5H,1-3H3. The topological polar surface area (TPSA) is 85.5 Å². The van der Waals surface area contributed by atoms with Gasteiger partial charge in [0.15, 0.2) is 0 Å². The maximum atomic E-state index is 12.6. The van der Waals surface area contributed by atoms with Gasteiger partial charge in [0.25, 0.3) is 0 Å². The molecule has 1 fully saturated rings. The predicted octanol–water partition coefficient (Wildman–Crippen LogP) is 8.29. The van der Waals surface area contributed by atoms with Crippen LogP contribution in [0.2, 0.25) is 0 Å². The highest BCUT2D eigenvalue weighted by molar-refractivity contribution is 5.86. The molecule has 0 unspecified atom stereocenters. The molecule has 4 aromatic rings. The monoisotopic (exact) mass is 667 g/mol. The van der Waals surface area contributed by atoms with Crippen molar-refractivity contribution in [1.82, 2.24) is 9.61 Å². The second-order valence-electron chi connectivity index (χ2n) is 14.0. The number of benzene rings is 2. The summed E-state index contributed by atoms with van der Waals surface area (Å²) in [7, 11) is 1.44. The number of hydrogen-bond acceptors (Lipinski definition) is 7. The molecule has 8 heteroatoms. The van der Waals surface area contributed by atoms with Crippen molar-refractivity contribution in [2.45, 2.75) is 78.4 Å². The minimum atomic E-state index is -0.500. The van der Waals surface area contributed by atoms with Crippen LogP contribution in [0.3, 0.4) is 0 Å². The van der Waals surface area contributed by atoms with Gasteiger partial charge in [-0.05, 0) is 102 Å². The van der Waals surface area contributed by atoms with Crippen LogP contribution in [0.4, 0.5) is 5.69 Å². The van der Waals surface area contributed by atoms with E-state index in [0.29, 0.717) is 13.2 Å². The van der Waals surface area contributed by atoms with Crippen LogP contribution in [0.15, 0.2) is 80.0 Å². The summed E-state index contributed by atoms with van der Waals surface area (Å²) in [5.74, 6) is 0.593. The van der Waals surface area contributed by atoms with Gasteiger partial charge < -0.3 is 24.2 Å². The van der Waals surface area contributed by atoms with Crippen molar-refractivity contribution in [3.63, 3.8) is 0 Å². The Labute approximate surface area is 292 Å². The highest BCUT2D eigenvalue weighted by Gasteiger charge is 2.33. The zero-order valence-corrected chi connectivity index (χ0v) is 30.3. The molecule has 0 aliphatic carbocycles. The van der Waals surface area contributed by atoms with Crippen LogP contribution in [0.25, 0.3) is 27.9 Å². The lowest BCUT2D eigenvalue weighted by atomic mass is 9.92. The third-order valence-electron chi connectivity index (χ3n) is 8.48. The number of pyridine rings is 1. The van der Waals surface area contributed by atoms with E-state index >= 15 is 0 Å². The zero-order valence-electron chi connectivity index (χ0n) is 30.3. The number of aliphatic hydroxyl groups is 1. The van der Waals surface area contributed by atoms with Gasteiger partial charge in [-0.3, -0.25) is 4.79 Å². The van der Waals surface area contributed by atoms with E-state index in [2.05, 4.69) is 74.4 Å². The van der Waals surface area contributed by atoms with Crippen molar-refractivity contribution in [2.75, 3.05) is 38.3 Å². The third kappa shape index (κ3) is 10.1. The van der Waals surface area contributed by atoms with Gasteiger partial charge in [0.2, 0.25) is 0 Å². The van der Waals surface area contributed by atoms with Gasteiger partial charge in [0, 0.05) is 30.4 Å². The number of ether oxygens (including phenoxy) is 3. The van der Waals surface area contributed by atoms with E-state index in [0.717, 1.165) is 82.8 Å². The minimum absolute atomic E-state index is 0.201. The highest BCUT2D eigenvalue weighted by Crippen LogP contribution is 2.38. The Kier molecular flexibility index (Phi) is 12.5. The molecule has 0 bridgehead atoms. The molecule has 3 heterocycles. The Balaban J connectivity index is 0.00000101. The van der Waals surface area contributed by atoms with Crippen LogP contribution in [0, 0.1) is 13.8 Å². The van der Waals surface area contributed by atoms with Gasteiger partial charge in [-0.15, -0.1) is 13.2 Å². The molecule has 0 amide bonds. The Bertz CT molecular complexity index is 1750. The fourth-order valence-electron chi connectivity index (χ4n) is 5.91. The van der Waals surface area contributed by atoms with Gasteiger partial charge in [-0.25, -0.2) is 4.52 Å². The van der Waals surface area contributed by atoms with Crippen molar-refractivity contribution in [1.29, 1.82) is 0 Å². The normalized spacial score (nSPS) is 14.2. The van der Waals surface area contributed by atoms with E-state index in [9.17, 15) is 4.79 Å². The van der Waals surface area contributed by atoms with Crippen LogP contribution in [0.5, 0.6) is 5.75 Å². The summed E-state index contributed by atoms with van der Waals surface area (Å²) >= 11 is 0. The molecule has 1 saturated heterocycles. The van der Waals surface area contributed by atoms with Crippen molar-refractivity contribution >= 4 is 17.2 Å². The number of anilines is 1.